The van der Waals surface area contributed by atoms with Crippen molar-refractivity contribution >= 4 is 28.8 Å². The number of rotatable bonds is 4. The van der Waals surface area contributed by atoms with E-state index in [1.807, 2.05) is 24.3 Å². The van der Waals surface area contributed by atoms with Crippen molar-refractivity contribution in [1.29, 1.82) is 0 Å². The summed E-state index contributed by atoms with van der Waals surface area (Å²) in [5.41, 5.74) is 7.07. The summed E-state index contributed by atoms with van der Waals surface area (Å²) in [6.45, 7) is 2.10. The SMILES string of the molecule is CCc1ccc(NC(=O)C2(C(N)=S)CC2)cc1. The Bertz CT molecular complexity index is 449. The first-order valence-corrected chi connectivity index (χ1v) is 6.19. The lowest BCUT2D eigenvalue weighted by Crippen LogP contribution is -2.34. The standard InChI is InChI=1S/C13H16N2OS/c1-2-9-3-5-10(6-4-9)15-12(16)13(7-8-13)11(14)17/h3-6H,2,7-8H2,1H3,(H2,14,17)(H,15,16). The van der Waals surface area contributed by atoms with Crippen molar-refractivity contribution in [3.05, 3.63) is 29.8 Å². The van der Waals surface area contributed by atoms with Crippen LogP contribution in [0.3, 0.4) is 0 Å². The summed E-state index contributed by atoms with van der Waals surface area (Å²) >= 11 is 4.94. The number of nitrogens with two attached hydrogens (primary N) is 1. The summed E-state index contributed by atoms with van der Waals surface area (Å²) in [7, 11) is 0. The highest BCUT2D eigenvalue weighted by Gasteiger charge is 2.52. The van der Waals surface area contributed by atoms with Gasteiger partial charge in [-0.1, -0.05) is 31.3 Å². The van der Waals surface area contributed by atoms with E-state index >= 15 is 0 Å². The molecule has 1 aromatic rings. The van der Waals surface area contributed by atoms with Crippen LogP contribution in [-0.4, -0.2) is 10.9 Å². The van der Waals surface area contributed by atoms with Crippen LogP contribution in [0.1, 0.15) is 25.3 Å². The second kappa shape index (κ2) is 4.45. The molecule has 1 aliphatic rings. The number of hydrogen-bond acceptors (Lipinski definition) is 2. The largest absolute Gasteiger partial charge is 0.392 e. The Kier molecular flexibility index (Phi) is 3.15. The Morgan fingerprint density at radius 3 is 2.41 bits per heavy atom. The van der Waals surface area contributed by atoms with E-state index in [2.05, 4.69) is 12.2 Å². The summed E-state index contributed by atoms with van der Waals surface area (Å²) in [4.78, 5) is 12.3. The molecule has 4 heteroatoms. The molecule has 1 amide bonds. The molecule has 0 aromatic heterocycles. The average molecular weight is 248 g/mol. The molecule has 17 heavy (non-hydrogen) atoms. The smallest absolute Gasteiger partial charge is 0.237 e. The van der Waals surface area contributed by atoms with Crippen molar-refractivity contribution in [2.24, 2.45) is 11.1 Å². The maximum atomic E-state index is 12.0. The molecule has 1 fully saturated rings. The van der Waals surface area contributed by atoms with Crippen molar-refractivity contribution in [2.45, 2.75) is 26.2 Å². The molecule has 0 heterocycles. The van der Waals surface area contributed by atoms with Crippen LogP contribution in [0.25, 0.3) is 0 Å². The monoisotopic (exact) mass is 248 g/mol. The Morgan fingerprint density at radius 2 is 2.00 bits per heavy atom. The van der Waals surface area contributed by atoms with E-state index in [-0.39, 0.29) is 5.91 Å². The van der Waals surface area contributed by atoms with Gasteiger partial charge >= 0.3 is 0 Å². The molecule has 0 bridgehead atoms. The first kappa shape index (κ1) is 12.0. The molecule has 3 N–H and O–H groups in total. The van der Waals surface area contributed by atoms with Crippen molar-refractivity contribution in [2.75, 3.05) is 5.32 Å². The average Bonchev–Trinajstić information content (AvgIpc) is 3.11. The van der Waals surface area contributed by atoms with E-state index in [4.69, 9.17) is 18.0 Å². The number of amides is 1. The zero-order chi connectivity index (χ0) is 12.5. The molecule has 0 spiro atoms. The van der Waals surface area contributed by atoms with Gasteiger partial charge in [0.25, 0.3) is 0 Å². The lowest BCUT2D eigenvalue weighted by atomic mass is 10.1. The predicted molar refractivity (Wildman–Crippen MR) is 72.9 cm³/mol. The van der Waals surface area contributed by atoms with Gasteiger partial charge in [0, 0.05) is 5.69 Å². The molecule has 3 nitrogen and oxygen atoms in total. The maximum Gasteiger partial charge on any atom is 0.237 e. The van der Waals surface area contributed by atoms with E-state index in [1.54, 1.807) is 0 Å². The lowest BCUT2D eigenvalue weighted by Gasteiger charge is -2.13. The quantitative estimate of drug-likeness (QED) is 0.804. The fourth-order valence-electron chi connectivity index (χ4n) is 1.78. The number of thiocarbonyl (C=S) groups is 1. The van der Waals surface area contributed by atoms with Gasteiger partial charge in [0.2, 0.25) is 5.91 Å². The number of hydrogen-bond donors (Lipinski definition) is 2. The fraction of sp³-hybridized carbons (Fsp3) is 0.385. The molecule has 0 saturated heterocycles. The van der Waals surface area contributed by atoms with Crippen LogP contribution < -0.4 is 11.1 Å². The molecule has 1 saturated carbocycles. The molecule has 1 aliphatic carbocycles. The highest BCUT2D eigenvalue weighted by molar-refractivity contribution is 7.80. The second-order valence-electron chi connectivity index (χ2n) is 4.45. The van der Waals surface area contributed by atoms with E-state index in [9.17, 15) is 4.79 Å². The third kappa shape index (κ3) is 2.31. The summed E-state index contributed by atoms with van der Waals surface area (Å²) < 4.78 is 0. The van der Waals surface area contributed by atoms with Crippen LogP contribution in [0, 0.1) is 5.41 Å². The number of nitrogens with one attached hydrogen (secondary N) is 1. The molecule has 0 atom stereocenters. The van der Waals surface area contributed by atoms with Crippen molar-refractivity contribution < 1.29 is 4.79 Å². The normalized spacial score (nSPS) is 16.3. The molecule has 1 aromatic carbocycles. The van der Waals surface area contributed by atoms with Gasteiger partial charge in [-0.2, -0.15) is 0 Å². The number of benzene rings is 1. The van der Waals surface area contributed by atoms with E-state index in [0.29, 0.717) is 4.99 Å². The van der Waals surface area contributed by atoms with Gasteiger partial charge in [0.05, 0.1) is 10.4 Å². The minimum Gasteiger partial charge on any atom is -0.392 e. The zero-order valence-corrected chi connectivity index (χ0v) is 10.6. The molecule has 2 rings (SSSR count). The summed E-state index contributed by atoms with van der Waals surface area (Å²) in [6, 6.07) is 7.84. The lowest BCUT2D eigenvalue weighted by molar-refractivity contribution is -0.118. The summed E-state index contributed by atoms with van der Waals surface area (Å²) in [6.07, 6.45) is 2.52. The summed E-state index contributed by atoms with van der Waals surface area (Å²) in [5, 5.41) is 2.87. The van der Waals surface area contributed by atoms with Gasteiger partial charge in [-0.05, 0) is 37.0 Å². The van der Waals surface area contributed by atoms with Crippen molar-refractivity contribution in [3.8, 4) is 0 Å². The highest BCUT2D eigenvalue weighted by atomic mass is 32.1. The van der Waals surface area contributed by atoms with E-state index in [1.165, 1.54) is 5.56 Å². The number of carbonyl (C=O) groups is 1. The summed E-state index contributed by atoms with van der Waals surface area (Å²) in [5.74, 6) is -0.0748. The Morgan fingerprint density at radius 1 is 1.41 bits per heavy atom. The number of carbonyl (C=O) groups excluding carboxylic acids is 1. The van der Waals surface area contributed by atoms with Gasteiger partial charge in [0.15, 0.2) is 0 Å². The van der Waals surface area contributed by atoms with Crippen molar-refractivity contribution in [1.82, 2.24) is 0 Å². The minimum atomic E-state index is -0.585. The molecule has 90 valence electrons. The van der Waals surface area contributed by atoms with Gasteiger partial charge in [-0.25, -0.2) is 0 Å². The Labute approximate surface area is 106 Å². The number of anilines is 1. The van der Waals surface area contributed by atoms with E-state index < -0.39 is 5.41 Å². The Balaban J connectivity index is 2.06. The van der Waals surface area contributed by atoms with Crippen LogP contribution in [-0.2, 0) is 11.2 Å². The number of aryl methyl sites for hydroxylation is 1. The van der Waals surface area contributed by atoms with Crippen LogP contribution in [0.15, 0.2) is 24.3 Å². The Hall–Kier alpha value is -1.42. The third-order valence-corrected chi connectivity index (χ3v) is 3.67. The van der Waals surface area contributed by atoms with E-state index in [0.717, 1.165) is 24.9 Å². The van der Waals surface area contributed by atoms with Gasteiger partial charge < -0.3 is 11.1 Å². The maximum absolute atomic E-state index is 12.0. The van der Waals surface area contributed by atoms with Crippen LogP contribution >= 0.6 is 12.2 Å². The van der Waals surface area contributed by atoms with Gasteiger partial charge in [-0.15, -0.1) is 0 Å². The molecule has 0 radical (unpaired) electrons. The predicted octanol–water partition coefficient (Wildman–Crippen LogP) is 2.25. The van der Waals surface area contributed by atoms with Crippen LogP contribution in [0.5, 0.6) is 0 Å². The first-order chi connectivity index (χ1) is 8.08. The van der Waals surface area contributed by atoms with Crippen LogP contribution in [0.2, 0.25) is 0 Å². The molecular formula is C13H16N2OS. The zero-order valence-electron chi connectivity index (χ0n) is 9.82. The van der Waals surface area contributed by atoms with Gasteiger partial charge in [-0.3, -0.25) is 4.79 Å². The highest BCUT2D eigenvalue weighted by Crippen LogP contribution is 2.46. The third-order valence-electron chi connectivity index (χ3n) is 3.28. The molecule has 0 aliphatic heterocycles. The second-order valence-corrected chi connectivity index (χ2v) is 4.89. The topological polar surface area (TPSA) is 55.1 Å². The fourth-order valence-corrected chi connectivity index (χ4v) is 2.08. The molecular weight excluding hydrogens is 232 g/mol. The van der Waals surface area contributed by atoms with Gasteiger partial charge in [0.1, 0.15) is 0 Å². The van der Waals surface area contributed by atoms with Crippen molar-refractivity contribution in [3.63, 3.8) is 0 Å². The molecule has 0 unspecified atom stereocenters. The first-order valence-electron chi connectivity index (χ1n) is 5.79. The van der Waals surface area contributed by atoms with Crippen LogP contribution in [0.4, 0.5) is 5.69 Å². The minimum absolute atomic E-state index is 0.0748.